The minimum atomic E-state index is -4.65. The standard InChI is InChI=1S/C27H28ClF3N8O/c1-5-17-12-24(33-15-32-17)39-25(13-20(37-39)14-38(3)4)36-23-11-19(7-6-16(23)2)35-26(40)34-18-8-9-22(28)21(10-18)27(29,30)31/h6-13,15,36H,5,14H2,1-4H3,(H2,34,35,40). The maximum Gasteiger partial charge on any atom is 0.417 e. The number of alkyl halides is 3. The number of benzene rings is 2. The van der Waals surface area contributed by atoms with Gasteiger partial charge in [0.15, 0.2) is 5.82 Å². The summed E-state index contributed by atoms with van der Waals surface area (Å²) in [5, 5.41) is 12.7. The first kappa shape index (κ1) is 28.8. The minimum Gasteiger partial charge on any atom is -0.340 e. The van der Waals surface area contributed by atoms with Crippen LogP contribution in [-0.2, 0) is 19.1 Å². The predicted octanol–water partition coefficient (Wildman–Crippen LogP) is 6.65. The first-order valence-corrected chi connectivity index (χ1v) is 12.7. The molecule has 4 rings (SSSR count). The molecule has 13 heteroatoms. The van der Waals surface area contributed by atoms with E-state index in [1.807, 2.05) is 51.0 Å². The van der Waals surface area contributed by atoms with E-state index in [-0.39, 0.29) is 5.69 Å². The lowest BCUT2D eigenvalue weighted by atomic mass is 10.1. The van der Waals surface area contributed by atoms with Crippen LogP contribution in [0, 0.1) is 6.92 Å². The number of amides is 2. The van der Waals surface area contributed by atoms with Gasteiger partial charge in [-0.1, -0.05) is 24.6 Å². The molecule has 0 bridgehead atoms. The van der Waals surface area contributed by atoms with E-state index in [1.54, 1.807) is 16.8 Å². The zero-order chi connectivity index (χ0) is 29.0. The Balaban J connectivity index is 1.57. The first-order valence-electron chi connectivity index (χ1n) is 12.3. The second-order valence-corrected chi connectivity index (χ2v) is 9.73. The number of aromatic nitrogens is 4. The number of hydrogen-bond donors (Lipinski definition) is 3. The summed E-state index contributed by atoms with van der Waals surface area (Å²) in [6.07, 6.45) is -2.41. The van der Waals surface area contributed by atoms with Crippen LogP contribution >= 0.6 is 11.6 Å². The predicted molar refractivity (Wildman–Crippen MR) is 149 cm³/mol. The van der Waals surface area contributed by atoms with E-state index in [9.17, 15) is 18.0 Å². The highest BCUT2D eigenvalue weighted by Crippen LogP contribution is 2.36. The lowest BCUT2D eigenvalue weighted by molar-refractivity contribution is -0.137. The Morgan fingerprint density at radius 1 is 1.00 bits per heavy atom. The van der Waals surface area contributed by atoms with Crippen molar-refractivity contribution in [3.05, 3.63) is 82.4 Å². The lowest BCUT2D eigenvalue weighted by Crippen LogP contribution is -2.20. The topological polar surface area (TPSA) is 100 Å². The second kappa shape index (κ2) is 11.9. The van der Waals surface area contributed by atoms with Gasteiger partial charge in [-0.2, -0.15) is 23.0 Å². The third-order valence-corrected chi connectivity index (χ3v) is 6.14. The highest BCUT2D eigenvalue weighted by Gasteiger charge is 2.33. The zero-order valence-corrected chi connectivity index (χ0v) is 23.0. The summed E-state index contributed by atoms with van der Waals surface area (Å²) in [5.74, 6) is 1.26. The van der Waals surface area contributed by atoms with Gasteiger partial charge in [-0.05, 0) is 63.3 Å². The number of rotatable bonds is 8. The van der Waals surface area contributed by atoms with E-state index in [4.69, 9.17) is 16.7 Å². The van der Waals surface area contributed by atoms with Crippen molar-refractivity contribution in [1.29, 1.82) is 0 Å². The highest BCUT2D eigenvalue weighted by molar-refractivity contribution is 6.31. The van der Waals surface area contributed by atoms with Crippen molar-refractivity contribution in [2.45, 2.75) is 33.0 Å². The first-order chi connectivity index (χ1) is 18.9. The number of carbonyl (C=O) groups is 1. The number of hydrogen-bond acceptors (Lipinski definition) is 6. The molecule has 3 N–H and O–H groups in total. The number of carbonyl (C=O) groups excluding carboxylic acids is 1. The van der Waals surface area contributed by atoms with Crippen LogP contribution < -0.4 is 16.0 Å². The SMILES string of the molecule is CCc1cc(-n2nc(CN(C)C)cc2Nc2cc(NC(=O)Nc3ccc(Cl)c(C(F)(F)F)c3)ccc2C)ncn1. The van der Waals surface area contributed by atoms with Crippen molar-refractivity contribution in [3.63, 3.8) is 0 Å². The molecule has 0 spiro atoms. The van der Waals surface area contributed by atoms with Crippen LogP contribution in [0.5, 0.6) is 0 Å². The summed E-state index contributed by atoms with van der Waals surface area (Å²) in [6, 6.07) is 11.5. The monoisotopic (exact) mass is 572 g/mol. The molecule has 0 fully saturated rings. The average molecular weight is 573 g/mol. The number of nitrogens with zero attached hydrogens (tertiary/aromatic N) is 5. The van der Waals surface area contributed by atoms with Crippen LogP contribution in [-0.4, -0.2) is 44.8 Å². The van der Waals surface area contributed by atoms with Crippen molar-refractivity contribution in [2.24, 2.45) is 0 Å². The van der Waals surface area contributed by atoms with Crippen LogP contribution in [0.1, 0.15) is 29.4 Å². The smallest absolute Gasteiger partial charge is 0.340 e. The number of nitrogens with one attached hydrogen (secondary N) is 3. The van der Waals surface area contributed by atoms with Gasteiger partial charge in [-0.3, -0.25) is 0 Å². The molecule has 2 aromatic carbocycles. The van der Waals surface area contributed by atoms with Crippen LogP contribution in [0.2, 0.25) is 5.02 Å². The summed E-state index contributed by atoms with van der Waals surface area (Å²) in [4.78, 5) is 23.3. The molecule has 0 aliphatic carbocycles. The maximum atomic E-state index is 13.2. The summed E-state index contributed by atoms with van der Waals surface area (Å²) >= 11 is 5.67. The summed E-state index contributed by atoms with van der Waals surface area (Å²) in [7, 11) is 3.90. The van der Waals surface area contributed by atoms with Gasteiger partial charge in [-0.25, -0.2) is 14.8 Å². The Hall–Kier alpha value is -4.16. The van der Waals surface area contributed by atoms with Gasteiger partial charge < -0.3 is 20.9 Å². The fraction of sp³-hybridized carbons (Fsp3) is 0.259. The Labute approximate surface area is 234 Å². The molecule has 9 nitrogen and oxygen atoms in total. The zero-order valence-electron chi connectivity index (χ0n) is 22.3. The quantitative estimate of drug-likeness (QED) is 0.218. The number of urea groups is 1. The molecular formula is C27H28ClF3N8O. The molecule has 0 saturated heterocycles. The van der Waals surface area contributed by atoms with Crippen molar-refractivity contribution < 1.29 is 18.0 Å². The summed E-state index contributed by atoms with van der Waals surface area (Å²) < 4.78 is 41.2. The molecule has 0 radical (unpaired) electrons. The third-order valence-electron chi connectivity index (χ3n) is 5.81. The third kappa shape index (κ3) is 7.07. The van der Waals surface area contributed by atoms with Crippen molar-refractivity contribution in [1.82, 2.24) is 24.6 Å². The van der Waals surface area contributed by atoms with Gasteiger partial charge in [0.05, 0.1) is 16.3 Å². The van der Waals surface area contributed by atoms with Crippen LogP contribution in [0.25, 0.3) is 5.82 Å². The number of aryl methyl sites for hydroxylation is 2. The molecule has 0 aliphatic rings. The largest absolute Gasteiger partial charge is 0.417 e. The summed E-state index contributed by atoms with van der Waals surface area (Å²) in [5.41, 5.74) is 2.60. The van der Waals surface area contributed by atoms with Crippen molar-refractivity contribution in [2.75, 3.05) is 30.0 Å². The Bertz CT molecular complexity index is 1520. The molecule has 2 amide bonds. The van der Waals surface area contributed by atoms with Gasteiger partial charge in [0.1, 0.15) is 12.1 Å². The van der Waals surface area contributed by atoms with Crippen molar-refractivity contribution >= 4 is 40.5 Å². The Morgan fingerprint density at radius 2 is 1.70 bits per heavy atom. The van der Waals surface area contributed by atoms with E-state index < -0.39 is 22.8 Å². The summed E-state index contributed by atoms with van der Waals surface area (Å²) in [6.45, 7) is 4.51. The van der Waals surface area contributed by atoms with E-state index >= 15 is 0 Å². The molecule has 210 valence electrons. The number of anilines is 4. The molecule has 4 aromatic rings. The second-order valence-electron chi connectivity index (χ2n) is 9.32. The Kier molecular flexibility index (Phi) is 8.60. The van der Waals surface area contributed by atoms with Crippen LogP contribution in [0.15, 0.2) is 54.9 Å². The van der Waals surface area contributed by atoms with Crippen LogP contribution in [0.4, 0.5) is 40.8 Å². The molecule has 40 heavy (non-hydrogen) atoms. The minimum absolute atomic E-state index is 0.0479. The normalized spacial score (nSPS) is 11.5. The van der Waals surface area contributed by atoms with E-state index in [0.717, 1.165) is 35.5 Å². The van der Waals surface area contributed by atoms with Gasteiger partial charge in [0, 0.05) is 41.4 Å². The molecule has 0 aliphatic heterocycles. The van der Waals surface area contributed by atoms with Gasteiger partial charge in [-0.15, -0.1) is 0 Å². The molecule has 0 atom stereocenters. The lowest BCUT2D eigenvalue weighted by Gasteiger charge is -2.15. The highest BCUT2D eigenvalue weighted by atomic mass is 35.5. The average Bonchev–Trinajstić information content (AvgIpc) is 3.27. The molecule has 2 heterocycles. The fourth-order valence-corrected chi connectivity index (χ4v) is 4.10. The molecule has 0 saturated carbocycles. The Morgan fingerprint density at radius 3 is 2.38 bits per heavy atom. The van der Waals surface area contributed by atoms with Gasteiger partial charge in [0.25, 0.3) is 0 Å². The van der Waals surface area contributed by atoms with Gasteiger partial charge in [0.2, 0.25) is 0 Å². The van der Waals surface area contributed by atoms with Gasteiger partial charge >= 0.3 is 12.2 Å². The molecule has 2 aromatic heterocycles. The van der Waals surface area contributed by atoms with E-state index in [2.05, 4.69) is 25.9 Å². The maximum absolute atomic E-state index is 13.2. The number of halogens is 4. The van der Waals surface area contributed by atoms with E-state index in [1.165, 1.54) is 12.4 Å². The molecular weight excluding hydrogens is 545 g/mol. The fourth-order valence-electron chi connectivity index (χ4n) is 3.88. The van der Waals surface area contributed by atoms with Crippen LogP contribution in [0.3, 0.4) is 0 Å². The molecule has 0 unspecified atom stereocenters. The van der Waals surface area contributed by atoms with E-state index in [0.29, 0.717) is 29.6 Å². The van der Waals surface area contributed by atoms with Crippen molar-refractivity contribution in [3.8, 4) is 5.82 Å².